The topological polar surface area (TPSA) is 0 Å². The Bertz CT molecular complexity index is 234. The van der Waals surface area contributed by atoms with Gasteiger partial charge >= 0.3 is 0 Å². The van der Waals surface area contributed by atoms with Gasteiger partial charge in [0.05, 0.1) is 0 Å². The lowest BCUT2D eigenvalue weighted by molar-refractivity contribution is 0.402. The highest BCUT2D eigenvalue weighted by molar-refractivity contribution is 5.29. The quantitative estimate of drug-likeness (QED) is 0.328. The van der Waals surface area contributed by atoms with Crippen LogP contribution >= 0.6 is 0 Å². The number of hydrogen-bond acceptors (Lipinski definition) is 0. The Morgan fingerprint density at radius 1 is 0.667 bits per heavy atom. The fraction of sp³-hybridized carbons (Fsp3) is 0.250. The van der Waals surface area contributed by atoms with E-state index >= 15 is 0 Å². The highest BCUT2D eigenvalue weighted by atomic mass is 19.2. The summed E-state index contributed by atoms with van der Waals surface area (Å²) in [6.45, 7) is 2.38. The van der Waals surface area contributed by atoms with Gasteiger partial charge < -0.3 is 0 Å². The molecule has 0 saturated heterocycles. The minimum Gasteiger partial charge on any atom is -0.203 e. The van der Waals surface area contributed by atoms with E-state index in [1.807, 2.05) is 0 Å². The van der Waals surface area contributed by atoms with Crippen LogP contribution in [0.5, 0.6) is 0 Å². The minimum atomic E-state index is -1.75. The second kappa shape index (κ2) is 2.77. The number of hydrogen-bond donors (Lipinski definition) is 0. The van der Waals surface area contributed by atoms with Crippen molar-refractivity contribution in [2.45, 2.75) is 13.8 Å². The fourth-order valence-corrected chi connectivity index (χ4v) is 0.851. The number of rotatable bonds is 0. The third-order valence-electron chi connectivity index (χ3n) is 1.80. The van der Waals surface area contributed by atoms with Crippen LogP contribution in [0.1, 0.15) is 14.0 Å². The standard InChI is InChI=1S/C8H6F4.2H2/c1-3-4(2)6(10)8(12)7(11)5(3)9;;/h1-2H3;2*1H. The summed E-state index contributed by atoms with van der Waals surface area (Å²) in [6.07, 6.45) is 0. The molecule has 4 heteroatoms. The largest absolute Gasteiger partial charge is 0.203 e. The molecule has 0 spiro atoms. The van der Waals surface area contributed by atoms with Crippen LogP contribution in [-0.4, -0.2) is 0 Å². The summed E-state index contributed by atoms with van der Waals surface area (Å²) in [5.41, 5.74) is -0.405. The van der Waals surface area contributed by atoms with Gasteiger partial charge in [0, 0.05) is 2.85 Å². The van der Waals surface area contributed by atoms with Crippen molar-refractivity contribution >= 4 is 0 Å². The number of halogens is 4. The molecule has 0 bridgehead atoms. The van der Waals surface area contributed by atoms with Gasteiger partial charge in [0.2, 0.25) is 0 Å². The first-order valence-corrected chi connectivity index (χ1v) is 3.26. The van der Waals surface area contributed by atoms with E-state index in [0.29, 0.717) is 0 Å². The molecule has 0 atom stereocenters. The van der Waals surface area contributed by atoms with E-state index in [9.17, 15) is 17.6 Å². The third kappa shape index (κ3) is 1.07. The van der Waals surface area contributed by atoms with Crippen molar-refractivity contribution in [2.75, 3.05) is 0 Å². The lowest BCUT2D eigenvalue weighted by Gasteiger charge is -2.05. The molecule has 0 N–H and O–H groups in total. The van der Waals surface area contributed by atoms with E-state index < -0.39 is 23.3 Å². The smallest absolute Gasteiger partial charge is 0.197 e. The summed E-state index contributed by atoms with van der Waals surface area (Å²) >= 11 is 0. The van der Waals surface area contributed by atoms with E-state index in [2.05, 4.69) is 0 Å². The molecule has 1 rings (SSSR count). The highest BCUT2D eigenvalue weighted by Crippen LogP contribution is 2.22. The maximum Gasteiger partial charge on any atom is 0.197 e. The van der Waals surface area contributed by atoms with Crippen LogP contribution in [0.25, 0.3) is 0 Å². The Hall–Kier alpha value is -1.06. The van der Waals surface area contributed by atoms with E-state index in [1.165, 1.54) is 13.8 Å². The molecule has 0 radical (unpaired) electrons. The van der Waals surface area contributed by atoms with Crippen LogP contribution in [0, 0.1) is 37.1 Å². The second-order valence-corrected chi connectivity index (χ2v) is 2.51. The van der Waals surface area contributed by atoms with Crippen molar-refractivity contribution in [3.63, 3.8) is 0 Å². The zero-order chi connectivity index (χ0) is 9.46. The van der Waals surface area contributed by atoms with Gasteiger partial charge in [0.25, 0.3) is 0 Å². The van der Waals surface area contributed by atoms with E-state index in [-0.39, 0.29) is 14.0 Å². The average Bonchev–Trinajstić information content (AvgIpc) is 2.08. The molecule has 0 fully saturated rings. The zero-order valence-electron chi connectivity index (χ0n) is 6.51. The van der Waals surface area contributed by atoms with Crippen molar-refractivity contribution in [1.82, 2.24) is 0 Å². The maximum absolute atomic E-state index is 12.7. The van der Waals surface area contributed by atoms with Crippen LogP contribution in [0.2, 0.25) is 0 Å². The fourth-order valence-electron chi connectivity index (χ4n) is 0.851. The zero-order valence-corrected chi connectivity index (χ0v) is 6.51. The van der Waals surface area contributed by atoms with Crippen molar-refractivity contribution < 1.29 is 20.4 Å². The van der Waals surface area contributed by atoms with Crippen molar-refractivity contribution in [3.8, 4) is 0 Å². The molecule has 0 aliphatic carbocycles. The predicted octanol–water partition coefficient (Wildman–Crippen LogP) is 3.35. The Kier molecular flexibility index (Phi) is 2.08. The Morgan fingerprint density at radius 3 is 1.17 bits per heavy atom. The lowest BCUT2D eigenvalue weighted by Crippen LogP contribution is -2.02. The molecular weight excluding hydrogens is 172 g/mol. The summed E-state index contributed by atoms with van der Waals surface area (Å²) in [4.78, 5) is 0. The van der Waals surface area contributed by atoms with Crippen molar-refractivity contribution in [3.05, 3.63) is 34.4 Å². The second-order valence-electron chi connectivity index (χ2n) is 2.51. The summed E-state index contributed by atoms with van der Waals surface area (Å²) in [5.74, 6) is -6.16. The van der Waals surface area contributed by atoms with Gasteiger partial charge in [-0.25, -0.2) is 17.6 Å². The van der Waals surface area contributed by atoms with Gasteiger partial charge in [0.15, 0.2) is 23.3 Å². The molecule has 0 saturated carbocycles. The van der Waals surface area contributed by atoms with Gasteiger partial charge in [-0.15, -0.1) is 0 Å². The Labute approximate surface area is 69.8 Å². The first kappa shape index (κ1) is 9.03. The van der Waals surface area contributed by atoms with Gasteiger partial charge in [-0.2, -0.15) is 0 Å². The monoisotopic (exact) mass is 182 g/mol. The number of benzene rings is 1. The first-order valence-electron chi connectivity index (χ1n) is 3.26. The molecule has 1 aromatic carbocycles. The van der Waals surface area contributed by atoms with E-state index in [0.717, 1.165) is 0 Å². The Morgan fingerprint density at radius 2 is 0.917 bits per heavy atom. The molecule has 0 unspecified atom stereocenters. The van der Waals surface area contributed by atoms with Crippen molar-refractivity contribution in [2.24, 2.45) is 0 Å². The summed E-state index contributed by atoms with van der Waals surface area (Å²) in [7, 11) is 0. The maximum atomic E-state index is 12.7. The average molecular weight is 182 g/mol. The van der Waals surface area contributed by atoms with Crippen LogP contribution in [0.15, 0.2) is 0 Å². The molecule has 70 valence electrons. The van der Waals surface area contributed by atoms with E-state index in [1.54, 1.807) is 0 Å². The normalized spacial score (nSPS) is 10.5. The van der Waals surface area contributed by atoms with Gasteiger partial charge in [0.1, 0.15) is 0 Å². The van der Waals surface area contributed by atoms with Gasteiger partial charge in [-0.3, -0.25) is 0 Å². The van der Waals surface area contributed by atoms with Crippen LogP contribution < -0.4 is 0 Å². The molecule has 0 amide bonds. The van der Waals surface area contributed by atoms with Crippen LogP contribution in [-0.2, 0) is 0 Å². The molecule has 12 heavy (non-hydrogen) atoms. The molecule has 0 aliphatic heterocycles. The molecule has 0 aliphatic rings. The molecule has 1 aromatic rings. The molecular formula is C8H10F4. The lowest BCUT2D eigenvalue weighted by atomic mass is 10.1. The Balaban J connectivity index is 0. The molecule has 0 nitrogen and oxygen atoms in total. The summed E-state index contributed by atoms with van der Waals surface area (Å²) in [5, 5.41) is 0. The molecule has 0 aromatic heterocycles. The van der Waals surface area contributed by atoms with Gasteiger partial charge in [-0.1, -0.05) is 0 Å². The van der Waals surface area contributed by atoms with Crippen molar-refractivity contribution in [1.29, 1.82) is 0 Å². The van der Waals surface area contributed by atoms with Crippen LogP contribution in [0.4, 0.5) is 17.6 Å². The SMILES string of the molecule is Cc1c(C)c(F)c(F)c(F)c1F.[HH].[HH]. The third-order valence-corrected chi connectivity index (χ3v) is 1.80. The van der Waals surface area contributed by atoms with Gasteiger partial charge in [-0.05, 0) is 25.0 Å². The predicted molar refractivity (Wildman–Crippen MR) is 40.0 cm³/mol. The summed E-state index contributed by atoms with van der Waals surface area (Å²) < 4.78 is 50.2. The first-order chi connectivity index (χ1) is 5.46. The minimum absolute atomic E-state index is 0. The molecule has 0 heterocycles. The summed E-state index contributed by atoms with van der Waals surface area (Å²) in [6, 6.07) is 0. The van der Waals surface area contributed by atoms with E-state index in [4.69, 9.17) is 0 Å². The highest BCUT2D eigenvalue weighted by Gasteiger charge is 2.19. The van der Waals surface area contributed by atoms with Crippen LogP contribution in [0.3, 0.4) is 0 Å².